The highest BCUT2D eigenvalue weighted by Crippen LogP contribution is 2.25. The van der Waals surface area contributed by atoms with Crippen LogP contribution in [0.4, 0.5) is 0 Å². The van der Waals surface area contributed by atoms with Crippen LogP contribution in [-0.2, 0) is 9.53 Å². The molecule has 0 saturated heterocycles. The summed E-state index contributed by atoms with van der Waals surface area (Å²) in [7, 11) is 0. The van der Waals surface area contributed by atoms with Gasteiger partial charge in [-0.1, -0.05) is 17.7 Å². The smallest absolute Gasteiger partial charge is 0.344 e. The Bertz CT molecular complexity index is 900. The minimum Gasteiger partial charge on any atom is -0.480 e. The van der Waals surface area contributed by atoms with Gasteiger partial charge in [-0.2, -0.15) is 0 Å². The summed E-state index contributed by atoms with van der Waals surface area (Å²) in [5.74, 6) is -0.867. The first-order chi connectivity index (χ1) is 12.6. The molecule has 2 aromatic rings. The standard InChI is InChI=1S/C20H22ClNO5/c1-10-6-7-15(21)16(8-10)26-9-17(24)27-14(5)20(25)19-11(2)18(13(4)23)12(3)22-19/h6-8,14,22H,9H2,1-5H3/t14-/m1/s1. The van der Waals surface area contributed by atoms with E-state index in [4.69, 9.17) is 21.1 Å². The summed E-state index contributed by atoms with van der Waals surface area (Å²) in [5, 5.41) is 0.381. The van der Waals surface area contributed by atoms with Gasteiger partial charge in [0.05, 0.1) is 10.7 Å². The molecule has 1 heterocycles. The first-order valence-corrected chi connectivity index (χ1v) is 8.82. The van der Waals surface area contributed by atoms with Gasteiger partial charge in [0, 0.05) is 11.3 Å². The summed E-state index contributed by atoms with van der Waals surface area (Å²) in [6.07, 6.45) is -1.02. The molecule has 0 unspecified atom stereocenters. The third-order valence-electron chi connectivity index (χ3n) is 4.15. The Hall–Kier alpha value is -2.60. The zero-order valence-corrected chi connectivity index (χ0v) is 16.7. The number of aromatic amines is 1. The Morgan fingerprint density at radius 3 is 2.44 bits per heavy atom. The van der Waals surface area contributed by atoms with Gasteiger partial charge in [0.15, 0.2) is 18.5 Å². The number of aryl methyl sites for hydroxylation is 2. The highest BCUT2D eigenvalue weighted by molar-refractivity contribution is 6.32. The van der Waals surface area contributed by atoms with Gasteiger partial charge in [0.1, 0.15) is 5.75 Å². The second-order valence-corrected chi connectivity index (χ2v) is 6.81. The minimum absolute atomic E-state index is 0.131. The Morgan fingerprint density at radius 1 is 1.19 bits per heavy atom. The van der Waals surface area contributed by atoms with Crippen LogP contribution in [0.25, 0.3) is 0 Å². The van der Waals surface area contributed by atoms with E-state index in [0.717, 1.165) is 5.56 Å². The van der Waals surface area contributed by atoms with Gasteiger partial charge < -0.3 is 14.5 Å². The predicted octanol–water partition coefficient (Wildman–Crippen LogP) is 3.99. The Morgan fingerprint density at radius 2 is 1.85 bits per heavy atom. The number of hydrogen-bond acceptors (Lipinski definition) is 5. The van der Waals surface area contributed by atoms with Crippen LogP contribution in [0.2, 0.25) is 5.02 Å². The molecular formula is C20H22ClNO5. The predicted molar refractivity (Wildman–Crippen MR) is 102 cm³/mol. The highest BCUT2D eigenvalue weighted by atomic mass is 35.5. The number of H-pyrrole nitrogens is 1. The van der Waals surface area contributed by atoms with Gasteiger partial charge in [-0.25, -0.2) is 4.79 Å². The molecule has 144 valence electrons. The molecule has 0 radical (unpaired) electrons. The van der Waals surface area contributed by atoms with E-state index >= 15 is 0 Å². The Kier molecular flexibility index (Phi) is 6.44. The highest BCUT2D eigenvalue weighted by Gasteiger charge is 2.26. The lowest BCUT2D eigenvalue weighted by molar-refractivity contribution is -0.148. The van der Waals surface area contributed by atoms with Gasteiger partial charge in [0.25, 0.3) is 0 Å². The van der Waals surface area contributed by atoms with Gasteiger partial charge in [-0.3, -0.25) is 9.59 Å². The number of aromatic nitrogens is 1. The zero-order valence-electron chi connectivity index (χ0n) is 15.9. The molecule has 0 bridgehead atoms. The van der Waals surface area contributed by atoms with E-state index in [9.17, 15) is 14.4 Å². The molecule has 0 saturated carbocycles. The average molecular weight is 392 g/mol. The second-order valence-electron chi connectivity index (χ2n) is 6.40. The molecule has 0 aliphatic rings. The van der Waals surface area contributed by atoms with E-state index in [-0.39, 0.29) is 18.1 Å². The number of rotatable bonds is 7. The number of Topliss-reactive ketones (excluding diaryl/α,β-unsaturated/α-hetero) is 2. The van der Waals surface area contributed by atoms with Crippen molar-refractivity contribution in [1.82, 2.24) is 4.98 Å². The van der Waals surface area contributed by atoms with Crippen LogP contribution in [0.3, 0.4) is 0 Å². The lowest BCUT2D eigenvalue weighted by Gasteiger charge is -2.13. The number of hydrogen-bond donors (Lipinski definition) is 1. The number of benzene rings is 1. The number of halogens is 1. The molecule has 6 nitrogen and oxygen atoms in total. The summed E-state index contributed by atoms with van der Waals surface area (Å²) < 4.78 is 10.5. The molecule has 1 N–H and O–H groups in total. The molecule has 0 fully saturated rings. The molecule has 1 aromatic carbocycles. The topological polar surface area (TPSA) is 85.5 Å². The summed E-state index contributed by atoms with van der Waals surface area (Å²) in [5.41, 5.74) is 2.84. The van der Waals surface area contributed by atoms with Crippen molar-refractivity contribution in [3.8, 4) is 5.75 Å². The fraction of sp³-hybridized carbons (Fsp3) is 0.350. The summed E-state index contributed by atoms with van der Waals surface area (Å²) in [6.45, 7) is 7.82. The molecule has 1 atom stereocenters. The van der Waals surface area contributed by atoms with Gasteiger partial charge >= 0.3 is 5.97 Å². The molecule has 7 heteroatoms. The van der Waals surface area contributed by atoms with Gasteiger partial charge in [-0.05, 0) is 57.9 Å². The largest absolute Gasteiger partial charge is 0.480 e. The zero-order chi connectivity index (χ0) is 20.3. The van der Waals surface area contributed by atoms with Crippen molar-refractivity contribution in [2.45, 2.75) is 40.7 Å². The summed E-state index contributed by atoms with van der Waals surface area (Å²) in [4.78, 5) is 39.2. The van der Waals surface area contributed by atoms with Crippen LogP contribution in [0.1, 0.15) is 51.5 Å². The number of nitrogens with one attached hydrogen (secondary N) is 1. The summed E-state index contributed by atoms with van der Waals surface area (Å²) >= 11 is 6.01. The van der Waals surface area contributed by atoms with E-state index in [1.165, 1.54) is 13.8 Å². The first kappa shape index (κ1) is 20.7. The Balaban J connectivity index is 2.02. The van der Waals surface area contributed by atoms with Crippen molar-refractivity contribution < 1.29 is 23.9 Å². The van der Waals surface area contributed by atoms with Crippen LogP contribution in [0.15, 0.2) is 18.2 Å². The maximum absolute atomic E-state index is 12.6. The minimum atomic E-state index is -1.02. The third kappa shape index (κ3) is 4.77. The fourth-order valence-corrected chi connectivity index (χ4v) is 3.04. The van der Waals surface area contributed by atoms with E-state index in [2.05, 4.69) is 4.98 Å². The molecular weight excluding hydrogens is 370 g/mol. The van der Waals surface area contributed by atoms with Crippen molar-refractivity contribution >= 4 is 29.1 Å². The maximum Gasteiger partial charge on any atom is 0.344 e. The van der Waals surface area contributed by atoms with Crippen molar-refractivity contribution in [2.75, 3.05) is 6.61 Å². The molecule has 27 heavy (non-hydrogen) atoms. The molecule has 0 aliphatic carbocycles. The monoisotopic (exact) mass is 391 g/mol. The van der Waals surface area contributed by atoms with Gasteiger partial charge in [0.2, 0.25) is 5.78 Å². The maximum atomic E-state index is 12.6. The molecule has 2 rings (SSSR count). The number of esters is 1. The molecule has 0 aliphatic heterocycles. The average Bonchev–Trinajstić information content (AvgIpc) is 2.89. The quantitative estimate of drug-likeness (QED) is 0.569. The number of ketones is 2. The summed E-state index contributed by atoms with van der Waals surface area (Å²) in [6, 6.07) is 5.20. The van der Waals surface area contributed by atoms with Crippen molar-refractivity contribution in [2.24, 2.45) is 0 Å². The van der Waals surface area contributed by atoms with E-state index in [1.54, 1.807) is 26.0 Å². The van der Waals surface area contributed by atoms with E-state index in [1.807, 2.05) is 13.0 Å². The molecule has 0 amide bonds. The van der Waals surface area contributed by atoms with Gasteiger partial charge in [-0.15, -0.1) is 0 Å². The molecule has 1 aromatic heterocycles. The number of carbonyl (C=O) groups excluding carboxylic acids is 3. The van der Waals surface area contributed by atoms with Crippen molar-refractivity contribution in [3.63, 3.8) is 0 Å². The molecule has 0 spiro atoms. The first-order valence-electron chi connectivity index (χ1n) is 8.44. The number of ether oxygens (including phenoxy) is 2. The van der Waals surface area contributed by atoms with E-state index in [0.29, 0.717) is 27.6 Å². The number of carbonyl (C=O) groups is 3. The van der Waals surface area contributed by atoms with E-state index < -0.39 is 17.9 Å². The van der Waals surface area contributed by atoms with Crippen LogP contribution >= 0.6 is 11.6 Å². The second kappa shape index (κ2) is 8.39. The van der Waals surface area contributed by atoms with Crippen LogP contribution < -0.4 is 4.74 Å². The SMILES string of the molecule is CC(=O)c1c(C)[nH]c(C(=O)[C@@H](C)OC(=O)COc2cc(C)ccc2Cl)c1C. The van der Waals surface area contributed by atoms with Crippen LogP contribution in [-0.4, -0.2) is 35.2 Å². The van der Waals surface area contributed by atoms with Crippen molar-refractivity contribution in [1.29, 1.82) is 0 Å². The normalized spacial score (nSPS) is 11.8. The van der Waals surface area contributed by atoms with Crippen LogP contribution in [0, 0.1) is 20.8 Å². The van der Waals surface area contributed by atoms with Crippen LogP contribution in [0.5, 0.6) is 5.75 Å². The third-order valence-corrected chi connectivity index (χ3v) is 4.46. The lowest BCUT2D eigenvalue weighted by Crippen LogP contribution is -2.28. The fourth-order valence-electron chi connectivity index (χ4n) is 2.87. The lowest BCUT2D eigenvalue weighted by atomic mass is 10.0. The Labute approximate surface area is 162 Å². The van der Waals surface area contributed by atoms with Crippen molar-refractivity contribution in [3.05, 3.63) is 51.3 Å².